The summed E-state index contributed by atoms with van der Waals surface area (Å²) in [5, 5.41) is 3.77. The van der Waals surface area contributed by atoms with Crippen molar-refractivity contribution in [1.29, 1.82) is 0 Å². The number of nitrogens with one attached hydrogen (secondary N) is 1. The maximum Gasteiger partial charge on any atom is 0.122 e. The van der Waals surface area contributed by atoms with Crippen LogP contribution in [0.1, 0.15) is 37.7 Å². The molecule has 3 aliphatic rings. The Hall–Kier alpha value is -1.51. The highest BCUT2D eigenvalue weighted by molar-refractivity contribution is 5.84. The standard InChI is InChI=1S/C19H26N2O/c1-13-4-2-3-5-17(13)22-12-14-10-18(20-11-14)21-19(15-6-7-15)16-8-9-16/h2-5,14-16,19H,6-12H2,1H3,(H,20,21). The Balaban J connectivity index is 1.26. The molecule has 118 valence electrons. The zero-order chi connectivity index (χ0) is 14.9. The minimum Gasteiger partial charge on any atom is -0.493 e. The van der Waals surface area contributed by atoms with Crippen LogP contribution < -0.4 is 10.1 Å². The third-order valence-electron chi connectivity index (χ3n) is 5.18. The minimum absolute atomic E-state index is 0.529. The van der Waals surface area contributed by atoms with Gasteiger partial charge in [-0.1, -0.05) is 18.2 Å². The molecule has 0 aromatic heterocycles. The maximum atomic E-state index is 5.99. The lowest BCUT2D eigenvalue weighted by Gasteiger charge is -2.19. The predicted molar refractivity (Wildman–Crippen MR) is 89.5 cm³/mol. The fourth-order valence-corrected chi connectivity index (χ4v) is 3.51. The van der Waals surface area contributed by atoms with Crippen molar-refractivity contribution in [3.63, 3.8) is 0 Å². The number of aliphatic imine (C=N–C) groups is 1. The Morgan fingerprint density at radius 2 is 1.91 bits per heavy atom. The van der Waals surface area contributed by atoms with Gasteiger partial charge in [-0.05, 0) is 56.1 Å². The molecular weight excluding hydrogens is 272 g/mol. The van der Waals surface area contributed by atoms with Gasteiger partial charge in [-0.3, -0.25) is 4.99 Å². The van der Waals surface area contributed by atoms with Gasteiger partial charge >= 0.3 is 0 Å². The van der Waals surface area contributed by atoms with Crippen molar-refractivity contribution in [2.75, 3.05) is 13.2 Å². The highest BCUT2D eigenvalue weighted by Crippen LogP contribution is 2.44. The fourth-order valence-electron chi connectivity index (χ4n) is 3.51. The van der Waals surface area contributed by atoms with E-state index in [9.17, 15) is 0 Å². The van der Waals surface area contributed by atoms with Crippen LogP contribution in [0.3, 0.4) is 0 Å². The zero-order valence-electron chi connectivity index (χ0n) is 13.4. The number of ether oxygens (including phenoxy) is 1. The molecule has 2 aliphatic carbocycles. The van der Waals surface area contributed by atoms with Crippen LogP contribution in [0.25, 0.3) is 0 Å². The van der Waals surface area contributed by atoms with Gasteiger partial charge in [0.05, 0.1) is 12.4 Å². The Bertz CT molecular complexity index is 548. The first-order valence-electron chi connectivity index (χ1n) is 8.78. The van der Waals surface area contributed by atoms with E-state index in [1.54, 1.807) is 0 Å². The van der Waals surface area contributed by atoms with E-state index in [4.69, 9.17) is 9.73 Å². The second kappa shape index (κ2) is 5.94. The molecule has 1 N–H and O–H groups in total. The van der Waals surface area contributed by atoms with Gasteiger partial charge in [-0.2, -0.15) is 0 Å². The Kier molecular flexibility index (Phi) is 3.81. The number of aryl methyl sites for hydroxylation is 1. The first kappa shape index (κ1) is 14.1. The summed E-state index contributed by atoms with van der Waals surface area (Å²) in [6.45, 7) is 3.79. The van der Waals surface area contributed by atoms with E-state index in [-0.39, 0.29) is 0 Å². The monoisotopic (exact) mass is 298 g/mol. The van der Waals surface area contributed by atoms with E-state index in [1.165, 1.54) is 37.1 Å². The smallest absolute Gasteiger partial charge is 0.122 e. The average Bonchev–Trinajstić information content (AvgIpc) is 3.44. The number of para-hydroxylation sites is 1. The molecule has 1 heterocycles. The molecule has 22 heavy (non-hydrogen) atoms. The van der Waals surface area contributed by atoms with Crippen LogP contribution in [-0.2, 0) is 0 Å². The summed E-state index contributed by atoms with van der Waals surface area (Å²) >= 11 is 0. The quantitative estimate of drug-likeness (QED) is 0.871. The highest BCUT2D eigenvalue weighted by atomic mass is 16.5. The first-order chi connectivity index (χ1) is 10.8. The summed E-state index contributed by atoms with van der Waals surface area (Å²) in [6, 6.07) is 8.97. The number of rotatable bonds is 6. The fraction of sp³-hybridized carbons (Fsp3) is 0.632. The Labute approximate surface area is 133 Å². The molecular formula is C19H26N2O. The third kappa shape index (κ3) is 3.29. The van der Waals surface area contributed by atoms with Gasteiger partial charge in [0.25, 0.3) is 0 Å². The third-order valence-corrected chi connectivity index (χ3v) is 5.18. The molecule has 0 bridgehead atoms. The summed E-state index contributed by atoms with van der Waals surface area (Å²) in [4.78, 5) is 4.74. The van der Waals surface area contributed by atoms with Crippen molar-refractivity contribution in [3.05, 3.63) is 29.8 Å². The zero-order valence-corrected chi connectivity index (χ0v) is 13.4. The van der Waals surface area contributed by atoms with E-state index >= 15 is 0 Å². The number of hydrogen-bond donors (Lipinski definition) is 1. The van der Waals surface area contributed by atoms with Gasteiger partial charge in [0.15, 0.2) is 0 Å². The van der Waals surface area contributed by atoms with Crippen LogP contribution in [0.5, 0.6) is 5.75 Å². The molecule has 4 rings (SSSR count). The summed E-state index contributed by atoms with van der Waals surface area (Å²) in [5.41, 5.74) is 1.21. The van der Waals surface area contributed by atoms with Crippen LogP contribution in [0.15, 0.2) is 29.3 Å². The minimum atomic E-state index is 0.529. The van der Waals surface area contributed by atoms with Crippen LogP contribution in [0, 0.1) is 24.7 Å². The molecule has 1 aliphatic heterocycles. The summed E-state index contributed by atoms with van der Waals surface area (Å²) < 4.78 is 5.99. The molecule has 2 fully saturated rings. The van der Waals surface area contributed by atoms with Crippen LogP contribution >= 0.6 is 0 Å². The van der Waals surface area contributed by atoms with E-state index in [2.05, 4.69) is 30.4 Å². The Morgan fingerprint density at radius 1 is 1.18 bits per heavy atom. The lowest BCUT2D eigenvalue weighted by atomic mass is 10.1. The second-order valence-electron chi connectivity index (χ2n) is 7.28. The van der Waals surface area contributed by atoms with Crippen LogP contribution in [0.4, 0.5) is 0 Å². The van der Waals surface area contributed by atoms with Gasteiger partial charge < -0.3 is 10.1 Å². The number of nitrogens with zero attached hydrogens (tertiary/aromatic N) is 1. The van der Waals surface area contributed by atoms with Crippen molar-refractivity contribution >= 4 is 5.84 Å². The number of amidine groups is 1. The van der Waals surface area contributed by atoms with E-state index in [0.717, 1.165) is 43.2 Å². The molecule has 1 atom stereocenters. The molecule has 2 saturated carbocycles. The Morgan fingerprint density at radius 3 is 2.59 bits per heavy atom. The molecule has 3 nitrogen and oxygen atoms in total. The van der Waals surface area contributed by atoms with Crippen molar-refractivity contribution in [3.8, 4) is 5.75 Å². The predicted octanol–water partition coefficient (Wildman–Crippen LogP) is 3.57. The summed E-state index contributed by atoms with van der Waals surface area (Å²) in [6.07, 6.45) is 6.73. The van der Waals surface area contributed by atoms with Gasteiger partial charge in [-0.15, -0.1) is 0 Å². The summed E-state index contributed by atoms with van der Waals surface area (Å²) in [7, 11) is 0. The van der Waals surface area contributed by atoms with E-state index in [0.29, 0.717) is 5.92 Å². The number of benzene rings is 1. The molecule has 1 aromatic rings. The van der Waals surface area contributed by atoms with Crippen molar-refractivity contribution in [1.82, 2.24) is 5.32 Å². The lowest BCUT2D eigenvalue weighted by Crippen LogP contribution is -2.37. The molecule has 0 amide bonds. The normalized spacial score (nSPS) is 24.5. The van der Waals surface area contributed by atoms with Gasteiger partial charge in [-0.25, -0.2) is 0 Å². The molecule has 0 spiro atoms. The van der Waals surface area contributed by atoms with Crippen molar-refractivity contribution in [2.24, 2.45) is 22.7 Å². The second-order valence-corrected chi connectivity index (χ2v) is 7.28. The first-order valence-corrected chi connectivity index (χ1v) is 8.78. The molecule has 1 aromatic carbocycles. The van der Waals surface area contributed by atoms with Gasteiger partial charge in [0, 0.05) is 24.9 Å². The molecule has 0 radical (unpaired) electrons. The van der Waals surface area contributed by atoms with Crippen molar-refractivity contribution in [2.45, 2.75) is 45.1 Å². The topological polar surface area (TPSA) is 33.6 Å². The molecule has 0 saturated heterocycles. The highest BCUT2D eigenvalue weighted by Gasteiger charge is 2.42. The van der Waals surface area contributed by atoms with E-state index < -0.39 is 0 Å². The SMILES string of the molecule is Cc1ccccc1OCC1CN=C(NC(C2CC2)C2CC2)C1. The van der Waals surface area contributed by atoms with Crippen molar-refractivity contribution < 1.29 is 4.74 Å². The van der Waals surface area contributed by atoms with E-state index in [1.807, 2.05) is 6.07 Å². The largest absolute Gasteiger partial charge is 0.493 e. The number of hydrogen-bond acceptors (Lipinski definition) is 3. The summed E-state index contributed by atoms with van der Waals surface area (Å²) in [5.74, 6) is 4.64. The van der Waals surface area contributed by atoms with Crippen LogP contribution in [0.2, 0.25) is 0 Å². The van der Waals surface area contributed by atoms with Crippen LogP contribution in [-0.4, -0.2) is 25.0 Å². The van der Waals surface area contributed by atoms with Gasteiger partial charge in [0.2, 0.25) is 0 Å². The maximum absolute atomic E-state index is 5.99. The van der Waals surface area contributed by atoms with Gasteiger partial charge in [0.1, 0.15) is 5.75 Å². The molecule has 1 unspecified atom stereocenters. The molecule has 3 heteroatoms. The average molecular weight is 298 g/mol. The lowest BCUT2D eigenvalue weighted by molar-refractivity contribution is 0.260.